The van der Waals surface area contributed by atoms with E-state index in [-0.39, 0.29) is 18.0 Å². The molecule has 17 heavy (non-hydrogen) atoms. The van der Waals surface area contributed by atoms with Crippen molar-refractivity contribution in [2.24, 2.45) is 0 Å². The van der Waals surface area contributed by atoms with Gasteiger partial charge in [-0.2, -0.15) is 0 Å². The molecule has 0 N–H and O–H groups in total. The molecule has 0 saturated heterocycles. The maximum absolute atomic E-state index is 12.0. The van der Waals surface area contributed by atoms with Gasteiger partial charge in [-0.25, -0.2) is 0 Å². The monoisotopic (exact) mass is 232 g/mol. The fraction of sp³-hybridized carbons (Fsp3) is 0.231. The van der Waals surface area contributed by atoms with Gasteiger partial charge in [0.05, 0.1) is 19.8 Å². The second-order valence-corrected chi connectivity index (χ2v) is 3.69. The first-order valence-electron chi connectivity index (χ1n) is 5.24. The molecular weight excluding hydrogens is 220 g/mol. The Morgan fingerprint density at radius 3 is 2.65 bits per heavy atom. The topological polar surface area (TPSA) is 52.6 Å². The first kappa shape index (κ1) is 11.4. The van der Waals surface area contributed by atoms with Crippen LogP contribution < -0.4 is 4.74 Å². The average Bonchev–Trinajstić information content (AvgIpc) is 2.38. The van der Waals surface area contributed by atoms with Crippen LogP contribution in [0.2, 0.25) is 0 Å². The van der Waals surface area contributed by atoms with E-state index >= 15 is 0 Å². The molecule has 1 heterocycles. The van der Waals surface area contributed by atoms with E-state index in [0.717, 1.165) is 0 Å². The summed E-state index contributed by atoms with van der Waals surface area (Å²) < 4.78 is 10.1. The molecule has 0 aliphatic carbocycles. The molecule has 1 aromatic carbocycles. The largest absolute Gasteiger partial charge is 0.497 e. The van der Waals surface area contributed by atoms with E-state index in [9.17, 15) is 9.59 Å². The van der Waals surface area contributed by atoms with Gasteiger partial charge in [-0.05, 0) is 24.3 Å². The fourth-order valence-corrected chi connectivity index (χ4v) is 1.60. The van der Waals surface area contributed by atoms with E-state index in [4.69, 9.17) is 9.47 Å². The first-order chi connectivity index (χ1) is 8.20. The summed E-state index contributed by atoms with van der Waals surface area (Å²) in [6, 6.07) is 6.72. The van der Waals surface area contributed by atoms with Gasteiger partial charge in [0.2, 0.25) is 5.78 Å². The molecule has 0 aromatic heterocycles. The van der Waals surface area contributed by atoms with Gasteiger partial charge in [-0.15, -0.1) is 0 Å². The third kappa shape index (κ3) is 2.53. The van der Waals surface area contributed by atoms with E-state index in [1.165, 1.54) is 12.3 Å². The van der Waals surface area contributed by atoms with E-state index in [1.807, 2.05) is 0 Å². The minimum atomic E-state index is -0.708. The highest BCUT2D eigenvalue weighted by atomic mass is 16.5. The first-order valence-corrected chi connectivity index (χ1v) is 5.24. The molecule has 1 aromatic rings. The van der Waals surface area contributed by atoms with E-state index in [0.29, 0.717) is 11.3 Å². The van der Waals surface area contributed by atoms with Crippen LogP contribution in [-0.2, 0) is 9.53 Å². The SMILES string of the molecule is COc1ccc(C(=O)[C@@H]2CC(=O)C=CO2)cc1. The number of ketones is 2. The van der Waals surface area contributed by atoms with Crippen molar-refractivity contribution >= 4 is 11.6 Å². The van der Waals surface area contributed by atoms with Gasteiger partial charge in [0.15, 0.2) is 11.9 Å². The number of carbonyl (C=O) groups is 2. The lowest BCUT2D eigenvalue weighted by atomic mass is 10.0. The van der Waals surface area contributed by atoms with Crippen LogP contribution in [-0.4, -0.2) is 24.8 Å². The summed E-state index contributed by atoms with van der Waals surface area (Å²) >= 11 is 0. The molecule has 88 valence electrons. The van der Waals surface area contributed by atoms with Crippen molar-refractivity contribution in [2.75, 3.05) is 7.11 Å². The van der Waals surface area contributed by atoms with Gasteiger partial charge in [0.1, 0.15) is 5.75 Å². The zero-order valence-electron chi connectivity index (χ0n) is 9.38. The van der Waals surface area contributed by atoms with Crippen molar-refractivity contribution in [3.05, 3.63) is 42.2 Å². The molecular formula is C13H12O4. The second kappa shape index (κ2) is 4.82. The van der Waals surface area contributed by atoms with E-state index in [1.54, 1.807) is 31.4 Å². The molecule has 0 saturated carbocycles. The second-order valence-electron chi connectivity index (χ2n) is 3.69. The lowest BCUT2D eigenvalue weighted by molar-refractivity contribution is -0.117. The molecule has 0 unspecified atom stereocenters. The number of hydrogen-bond acceptors (Lipinski definition) is 4. The summed E-state index contributed by atoms with van der Waals surface area (Å²) in [6.07, 6.45) is 2.00. The molecule has 0 amide bonds. The summed E-state index contributed by atoms with van der Waals surface area (Å²) in [6.45, 7) is 0. The number of rotatable bonds is 3. The highest BCUT2D eigenvalue weighted by Gasteiger charge is 2.25. The van der Waals surface area contributed by atoms with Crippen LogP contribution in [0.5, 0.6) is 5.75 Å². The lowest BCUT2D eigenvalue weighted by Gasteiger charge is -2.17. The standard InChI is InChI=1S/C13H12O4/c1-16-11-4-2-9(3-5-11)13(15)12-8-10(14)6-7-17-12/h2-7,12H,8H2,1H3/t12-/m0/s1. The number of carbonyl (C=O) groups excluding carboxylic acids is 2. The lowest BCUT2D eigenvalue weighted by Crippen LogP contribution is -2.27. The van der Waals surface area contributed by atoms with Gasteiger partial charge in [0.25, 0.3) is 0 Å². The van der Waals surface area contributed by atoms with Crippen LogP contribution in [0.25, 0.3) is 0 Å². The number of methoxy groups -OCH3 is 1. The number of ether oxygens (including phenoxy) is 2. The molecule has 0 bridgehead atoms. The molecule has 1 aliphatic rings. The molecule has 1 atom stereocenters. The Kier molecular flexibility index (Phi) is 3.23. The predicted octanol–water partition coefficient (Wildman–Crippen LogP) is 1.75. The number of allylic oxidation sites excluding steroid dienone is 1. The van der Waals surface area contributed by atoms with Crippen molar-refractivity contribution in [3.63, 3.8) is 0 Å². The number of hydrogen-bond donors (Lipinski definition) is 0. The minimum absolute atomic E-state index is 0.0943. The van der Waals surface area contributed by atoms with Crippen LogP contribution in [0.3, 0.4) is 0 Å². The third-order valence-corrected chi connectivity index (χ3v) is 2.55. The molecule has 0 spiro atoms. The Bertz CT molecular complexity index is 459. The third-order valence-electron chi connectivity index (χ3n) is 2.55. The Morgan fingerprint density at radius 2 is 2.06 bits per heavy atom. The van der Waals surface area contributed by atoms with Crippen LogP contribution in [0.15, 0.2) is 36.6 Å². The maximum Gasteiger partial charge on any atom is 0.203 e. The zero-order valence-corrected chi connectivity index (χ0v) is 9.38. The number of benzene rings is 1. The number of Topliss-reactive ketones (excluding diaryl/α,β-unsaturated/α-hetero) is 1. The van der Waals surface area contributed by atoms with Gasteiger partial charge in [0, 0.05) is 11.6 Å². The maximum atomic E-state index is 12.0. The smallest absolute Gasteiger partial charge is 0.203 e. The minimum Gasteiger partial charge on any atom is -0.497 e. The van der Waals surface area contributed by atoms with Crippen molar-refractivity contribution in [1.29, 1.82) is 0 Å². The average molecular weight is 232 g/mol. The predicted molar refractivity (Wildman–Crippen MR) is 61.0 cm³/mol. The summed E-state index contributed by atoms with van der Waals surface area (Å²) in [5.41, 5.74) is 0.513. The van der Waals surface area contributed by atoms with Crippen LogP contribution in [0.1, 0.15) is 16.8 Å². The Hall–Kier alpha value is -2.10. The molecule has 0 fully saturated rings. The van der Waals surface area contributed by atoms with Crippen LogP contribution in [0, 0.1) is 0 Å². The quantitative estimate of drug-likeness (QED) is 0.745. The van der Waals surface area contributed by atoms with Gasteiger partial charge < -0.3 is 9.47 Å². The molecule has 4 nitrogen and oxygen atoms in total. The molecule has 0 radical (unpaired) electrons. The summed E-state index contributed by atoms with van der Waals surface area (Å²) in [4.78, 5) is 23.2. The normalized spacial score (nSPS) is 18.6. The molecule has 4 heteroatoms. The highest BCUT2D eigenvalue weighted by Crippen LogP contribution is 2.17. The van der Waals surface area contributed by atoms with Crippen molar-refractivity contribution in [2.45, 2.75) is 12.5 Å². The summed E-state index contributed by atoms with van der Waals surface area (Å²) in [5.74, 6) is 0.399. The van der Waals surface area contributed by atoms with E-state index in [2.05, 4.69) is 0 Å². The highest BCUT2D eigenvalue weighted by molar-refractivity contribution is 6.03. The Labute approximate surface area is 98.8 Å². The van der Waals surface area contributed by atoms with Gasteiger partial charge in [-0.1, -0.05) is 0 Å². The van der Waals surface area contributed by atoms with Crippen molar-refractivity contribution in [1.82, 2.24) is 0 Å². The fourth-order valence-electron chi connectivity index (χ4n) is 1.60. The van der Waals surface area contributed by atoms with Crippen LogP contribution in [0.4, 0.5) is 0 Å². The molecule has 2 rings (SSSR count). The summed E-state index contributed by atoms with van der Waals surface area (Å²) in [5, 5.41) is 0. The van der Waals surface area contributed by atoms with E-state index < -0.39 is 6.10 Å². The zero-order chi connectivity index (χ0) is 12.3. The van der Waals surface area contributed by atoms with Crippen molar-refractivity contribution in [3.8, 4) is 5.75 Å². The Balaban J connectivity index is 2.13. The van der Waals surface area contributed by atoms with Crippen molar-refractivity contribution < 1.29 is 19.1 Å². The van der Waals surface area contributed by atoms with Crippen LogP contribution >= 0.6 is 0 Å². The van der Waals surface area contributed by atoms with Gasteiger partial charge >= 0.3 is 0 Å². The van der Waals surface area contributed by atoms with Gasteiger partial charge in [-0.3, -0.25) is 9.59 Å². The summed E-state index contributed by atoms with van der Waals surface area (Å²) in [7, 11) is 1.56. The Morgan fingerprint density at radius 1 is 1.35 bits per heavy atom. The molecule has 1 aliphatic heterocycles.